The summed E-state index contributed by atoms with van der Waals surface area (Å²) in [6.45, 7) is 0.892. The molecule has 1 aromatic rings. The summed E-state index contributed by atoms with van der Waals surface area (Å²) in [5.41, 5.74) is 2.80. The largest absolute Gasteiger partial charge is 0.481 e. The lowest BCUT2D eigenvalue weighted by molar-refractivity contribution is -0.139. The smallest absolute Gasteiger partial charge is 0.341 e. The number of rotatable bonds is 5. The Balaban J connectivity index is 2.85. The molecule has 96 valence electrons. The lowest BCUT2D eigenvalue weighted by Crippen LogP contribution is -2.13. The van der Waals surface area contributed by atoms with E-state index < -0.39 is 12.6 Å². The second kappa shape index (κ2) is 6.75. The number of aliphatic carboxylic acids is 1. The second-order valence-electron chi connectivity index (χ2n) is 3.29. The highest BCUT2D eigenvalue weighted by molar-refractivity contribution is 9.10. The standard InChI is InChI=1S/C11H11BrN2O4/c1-7(15)14-13-5-8-4-9(12)2-3-10(8)18-6-11(16)17/h2-5H,6H2,1H3,(H,14,15)(H,16,17)/b13-5-. The molecular weight excluding hydrogens is 304 g/mol. The molecule has 1 aromatic carbocycles. The van der Waals surface area contributed by atoms with Crippen molar-refractivity contribution in [1.29, 1.82) is 0 Å². The first-order chi connectivity index (χ1) is 8.49. The second-order valence-corrected chi connectivity index (χ2v) is 4.21. The predicted octanol–water partition coefficient (Wildman–Crippen LogP) is 1.38. The molecule has 1 amide bonds. The number of carboxylic acids is 1. The van der Waals surface area contributed by atoms with Crippen LogP contribution in [0.4, 0.5) is 0 Å². The Kier molecular flexibility index (Phi) is 5.31. The van der Waals surface area contributed by atoms with Crippen LogP contribution < -0.4 is 10.2 Å². The molecule has 0 aliphatic heterocycles. The first kappa shape index (κ1) is 14.2. The van der Waals surface area contributed by atoms with Crippen LogP contribution in [0.2, 0.25) is 0 Å². The van der Waals surface area contributed by atoms with E-state index in [4.69, 9.17) is 9.84 Å². The number of carboxylic acid groups (broad SMARTS) is 1. The summed E-state index contributed by atoms with van der Waals surface area (Å²) in [5, 5.41) is 12.2. The third kappa shape index (κ3) is 4.96. The Morgan fingerprint density at radius 2 is 2.28 bits per heavy atom. The van der Waals surface area contributed by atoms with Gasteiger partial charge in [0.2, 0.25) is 5.91 Å². The van der Waals surface area contributed by atoms with Crippen LogP contribution in [0.3, 0.4) is 0 Å². The van der Waals surface area contributed by atoms with E-state index in [1.54, 1.807) is 18.2 Å². The van der Waals surface area contributed by atoms with Gasteiger partial charge in [0.1, 0.15) is 5.75 Å². The fourth-order valence-corrected chi connectivity index (χ4v) is 1.46. The van der Waals surface area contributed by atoms with Gasteiger partial charge in [-0.3, -0.25) is 4.79 Å². The Labute approximate surface area is 112 Å². The van der Waals surface area contributed by atoms with E-state index in [2.05, 4.69) is 26.5 Å². The van der Waals surface area contributed by atoms with Gasteiger partial charge in [0.15, 0.2) is 6.61 Å². The lowest BCUT2D eigenvalue weighted by Gasteiger charge is -2.07. The molecule has 0 aliphatic rings. The number of carbonyl (C=O) groups excluding carboxylic acids is 1. The molecule has 0 radical (unpaired) electrons. The van der Waals surface area contributed by atoms with Gasteiger partial charge in [-0.05, 0) is 18.2 Å². The summed E-state index contributed by atoms with van der Waals surface area (Å²) in [6, 6.07) is 5.03. The normalized spacial score (nSPS) is 10.3. The summed E-state index contributed by atoms with van der Waals surface area (Å²) in [6.07, 6.45) is 1.38. The number of nitrogens with zero attached hydrogens (tertiary/aromatic N) is 1. The number of nitrogens with one attached hydrogen (secondary N) is 1. The average Bonchev–Trinajstić information content (AvgIpc) is 2.27. The fourth-order valence-electron chi connectivity index (χ4n) is 1.08. The summed E-state index contributed by atoms with van der Waals surface area (Å²) >= 11 is 3.28. The molecule has 2 N–H and O–H groups in total. The minimum absolute atomic E-state index is 0.297. The number of benzene rings is 1. The molecular formula is C11H11BrN2O4. The predicted molar refractivity (Wildman–Crippen MR) is 68.7 cm³/mol. The number of hydrogen-bond acceptors (Lipinski definition) is 4. The maximum atomic E-state index is 10.7. The van der Waals surface area contributed by atoms with Crippen molar-refractivity contribution < 1.29 is 19.4 Å². The molecule has 0 atom stereocenters. The highest BCUT2D eigenvalue weighted by Crippen LogP contribution is 2.21. The molecule has 0 saturated carbocycles. The third-order valence-electron chi connectivity index (χ3n) is 1.75. The van der Waals surface area contributed by atoms with Crippen LogP contribution in [0.15, 0.2) is 27.8 Å². The van der Waals surface area contributed by atoms with Gasteiger partial charge in [0.05, 0.1) is 6.21 Å². The Morgan fingerprint density at radius 1 is 1.56 bits per heavy atom. The van der Waals surface area contributed by atoms with Crippen LogP contribution in [0.1, 0.15) is 12.5 Å². The molecule has 7 heteroatoms. The topological polar surface area (TPSA) is 88.0 Å². The zero-order valence-electron chi connectivity index (χ0n) is 9.51. The number of ether oxygens (including phenoxy) is 1. The van der Waals surface area contributed by atoms with Crippen LogP contribution in [0.5, 0.6) is 5.75 Å². The lowest BCUT2D eigenvalue weighted by atomic mass is 10.2. The molecule has 0 unspecified atom stereocenters. The van der Waals surface area contributed by atoms with Gasteiger partial charge in [0, 0.05) is 17.0 Å². The zero-order valence-corrected chi connectivity index (χ0v) is 11.1. The van der Waals surface area contributed by atoms with Crippen molar-refractivity contribution >= 4 is 34.0 Å². The quantitative estimate of drug-likeness (QED) is 0.635. The van der Waals surface area contributed by atoms with Gasteiger partial charge in [-0.15, -0.1) is 0 Å². The van der Waals surface area contributed by atoms with Crippen molar-refractivity contribution in [1.82, 2.24) is 5.43 Å². The van der Waals surface area contributed by atoms with E-state index in [-0.39, 0.29) is 5.91 Å². The van der Waals surface area contributed by atoms with Crippen molar-refractivity contribution in [3.63, 3.8) is 0 Å². The van der Waals surface area contributed by atoms with Crippen molar-refractivity contribution in [3.8, 4) is 5.75 Å². The van der Waals surface area contributed by atoms with Crippen LogP contribution >= 0.6 is 15.9 Å². The van der Waals surface area contributed by atoms with Gasteiger partial charge >= 0.3 is 5.97 Å². The van der Waals surface area contributed by atoms with Gasteiger partial charge in [-0.1, -0.05) is 15.9 Å². The first-order valence-corrected chi connectivity index (χ1v) is 5.72. The number of carbonyl (C=O) groups is 2. The highest BCUT2D eigenvalue weighted by Gasteiger charge is 2.05. The van der Waals surface area contributed by atoms with Crippen LogP contribution in [0.25, 0.3) is 0 Å². The molecule has 0 heterocycles. The molecule has 6 nitrogen and oxygen atoms in total. The van der Waals surface area contributed by atoms with Crippen LogP contribution in [-0.2, 0) is 9.59 Å². The molecule has 0 spiro atoms. The molecule has 0 bridgehead atoms. The Bertz CT molecular complexity index is 488. The van der Waals surface area contributed by atoms with Crippen LogP contribution in [-0.4, -0.2) is 29.8 Å². The first-order valence-electron chi connectivity index (χ1n) is 4.93. The summed E-state index contributed by atoms with van der Waals surface area (Å²) in [4.78, 5) is 21.1. The van der Waals surface area contributed by atoms with Gasteiger partial charge < -0.3 is 9.84 Å². The number of halogens is 1. The Hall–Kier alpha value is -1.89. The van der Waals surface area contributed by atoms with E-state index in [0.29, 0.717) is 11.3 Å². The highest BCUT2D eigenvalue weighted by atomic mass is 79.9. The zero-order chi connectivity index (χ0) is 13.5. The fraction of sp³-hybridized carbons (Fsp3) is 0.182. The number of amides is 1. The van der Waals surface area contributed by atoms with Gasteiger partial charge in [0.25, 0.3) is 0 Å². The van der Waals surface area contributed by atoms with E-state index >= 15 is 0 Å². The maximum absolute atomic E-state index is 10.7. The number of hydrazone groups is 1. The summed E-state index contributed by atoms with van der Waals surface area (Å²) in [5.74, 6) is -0.994. The minimum Gasteiger partial charge on any atom is -0.481 e. The monoisotopic (exact) mass is 314 g/mol. The van der Waals surface area contributed by atoms with E-state index in [9.17, 15) is 9.59 Å². The average molecular weight is 315 g/mol. The van der Waals surface area contributed by atoms with Crippen molar-refractivity contribution in [2.24, 2.45) is 5.10 Å². The van der Waals surface area contributed by atoms with Gasteiger partial charge in [-0.2, -0.15) is 5.10 Å². The molecule has 0 fully saturated rings. The van der Waals surface area contributed by atoms with Crippen molar-refractivity contribution in [3.05, 3.63) is 28.2 Å². The molecule has 18 heavy (non-hydrogen) atoms. The van der Waals surface area contributed by atoms with Crippen LogP contribution in [0, 0.1) is 0 Å². The third-order valence-corrected chi connectivity index (χ3v) is 2.24. The van der Waals surface area contributed by atoms with Gasteiger partial charge in [-0.25, -0.2) is 10.2 Å². The summed E-state index contributed by atoms with van der Waals surface area (Å²) < 4.78 is 5.87. The molecule has 0 aliphatic carbocycles. The van der Waals surface area contributed by atoms with Crippen molar-refractivity contribution in [2.75, 3.05) is 6.61 Å². The Morgan fingerprint density at radius 3 is 2.89 bits per heavy atom. The SMILES string of the molecule is CC(=O)N/N=C\c1cc(Br)ccc1OCC(=O)O. The number of hydrogen-bond donors (Lipinski definition) is 2. The minimum atomic E-state index is -1.07. The van der Waals surface area contributed by atoms with E-state index in [1.807, 2.05) is 0 Å². The summed E-state index contributed by atoms with van der Waals surface area (Å²) in [7, 11) is 0. The van der Waals surface area contributed by atoms with Crippen molar-refractivity contribution in [2.45, 2.75) is 6.92 Å². The van der Waals surface area contributed by atoms with E-state index in [1.165, 1.54) is 13.1 Å². The molecule has 1 rings (SSSR count). The molecule has 0 aromatic heterocycles. The maximum Gasteiger partial charge on any atom is 0.341 e. The molecule has 0 saturated heterocycles. The van der Waals surface area contributed by atoms with E-state index in [0.717, 1.165) is 4.47 Å².